The fourth-order valence-electron chi connectivity index (χ4n) is 2.85. The van der Waals surface area contributed by atoms with Gasteiger partial charge in [-0.25, -0.2) is 0 Å². The van der Waals surface area contributed by atoms with Crippen LogP contribution in [0.1, 0.15) is 22.8 Å². The van der Waals surface area contributed by atoms with Crippen LogP contribution >= 0.6 is 28.1 Å². The topological polar surface area (TPSA) is 59.6 Å². The summed E-state index contributed by atoms with van der Waals surface area (Å²) in [4.78, 5) is 12.5. The van der Waals surface area contributed by atoms with Crippen LogP contribution in [0.25, 0.3) is 0 Å². The summed E-state index contributed by atoms with van der Waals surface area (Å²) in [6.45, 7) is 3.02. The Hall–Kier alpha value is -2.90. The summed E-state index contributed by atoms with van der Waals surface area (Å²) in [7, 11) is 0. The van der Waals surface area contributed by atoms with Gasteiger partial charge in [-0.1, -0.05) is 36.4 Å². The van der Waals surface area contributed by atoms with Crippen molar-refractivity contribution in [3.8, 4) is 11.5 Å². The zero-order valence-electron chi connectivity index (χ0n) is 17.1. The van der Waals surface area contributed by atoms with Gasteiger partial charge in [-0.2, -0.15) is 0 Å². The number of thiocarbonyl (C=S) groups is 1. The third-order valence-corrected chi connectivity index (χ3v) is 5.14. The molecule has 1 amide bonds. The molecule has 0 heterocycles. The fourth-order valence-corrected chi connectivity index (χ4v) is 3.55. The summed E-state index contributed by atoms with van der Waals surface area (Å²) < 4.78 is 12.0. The highest BCUT2D eigenvalue weighted by molar-refractivity contribution is 9.10. The van der Waals surface area contributed by atoms with Crippen molar-refractivity contribution >= 4 is 44.9 Å². The van der Waals surface area contributed by atoms with Gasteiger partial charge in [0.2, 0.25) is 0 Å². The van der Waals surface area contributed by atoms with Gasteiger partial charge in [-0.05, 0) is 71.0 Å². The average molecular weight is 499 g/mol. The lowest BCUT2D eigenvalue weighted by atomic mass is 10.2. The first kappa shape index (κ1) is 22.8. The summed E-state index contributed by atoms with van der Waals surface area (Å²) >= 11 is 8.70. The highest BCUT2D eigenvalue weighted by Gasteiger charge is 2.11. The molecule has 0 bridgehead atoms. The first-order chi connectivity index (χ1) is 15.0. The normalized spacial score (nSPS) is 10.3. The number of hydrogen-bond acceptors (Lipinski definition) is 4. The highest BCUT2D eigenvalue weighted by atomic mass is 79.9. The lowest BCUT2D eigenvalue weighted by Crippen LogP contribution is -2.34. The van der Waals surface area contributed by atoms with Crippen LogP contribution in [0.5, 0.6) is 11.5 Å². The smallest absolute Gasteiger partial charge is 0.257 e. The maximum absolute atomic E-state index is 12.5. The second kappa shape index (κ2) is 11.5. The van der Waals surface area contributed by atoms with Gasteiger partial charge in [-0.3, -0.25) is 10.1 Å². The van der Waals surface area contributed by atoms with Crippen LogP contribution in [0, 0.1) is 0 Å². The predicted octanol–water partition coefficient (Wildman–Crippen LogP) is 5.60. The molecule has 160 valence electrons. The van der Waals surface area contributed by atoms with Crippen LogP contribution in [0.15, 0.2) is 77.3 Å². The molecule has 5 nitrogen and oxygen atoms in total. The van der Waals surface area contributed by atoms with E-state index in [4.69, 9.17) is 21.7 Å². The molecule has 0 saturated carbocycles. The third kappa shape index (κ3) is 7.08. The number of nitrogens with one attached hydrogen (secondary N) is 2. The van der Waals surface area contributed by atoms with E-state index in [2.05, 4.69) is 38.7 Å². The Balaban J connectivity index is 1.52. The number of benzene rings is 3. The maximum Gasteiger partial charge on any atom is 0.257 e. The lowest BCUT2D eigenvalue weighted by molar-refractivity contribution is 0.0977. The molecule has 0 unspecified atom stereocenters. The quantitative estimate of drug-likeness (QED) is 0.396. The monoisotopic (exact) mass is 498 g/mol. The largest absolute Gasteiger partial charge is 0.493 e. The summed E-state index contributed by atoms with van der Waals surface area (Å²) in [5.41, 5.74) is 2.43. The van der Waals surface area contributed by atoms with Gasteiger partial charge in [0, 0.05) is 23.7 Å². The molecular formula is C24H23BrN2O3S. The molecule has 0 aliphatic heterocycles. The standard InChI is InChI=1S/C24H23BrN2O3S/c1-2-29-22-12-11-18(15-21(22)25)23(28)27-24(31)26-19-9-6-10-20(16-19)30-14-13-17-7-4-3-5-8-17/h3-12,15-16H,2,13-14H2,1H3,(H2,26,27,28,31). The van der Waals surface area contributed by atoms with Crippen LogP contribution in [0.3, 0.4) is 0 Å². The summed E-state index contributed by atoms with van der Waals surface area (Å²) in [6.07, 6.45) is 0.824. The van der Waals surface area contributed by atoms with Crippen LogP contribution < -0.4 is 20.1 Å². The number of anilines is 1. The van der Waals surface area contributed by atoms with E-state index in [9.17, 15) is 4.79 Å². The molecule has 3 aromatic carbocycles. The molecule has 0 spiro atoms. The van der Waals surface area contributed by atoms with Crippen molar-refractivity contribution in [2.24, 2.45) is 0 Å². The van der Waals surface area contributed by atoms with Gasteiger partial charge in [0.05, 0.1) is 17.7 Å². The van der Waals surface area contributed by atoms with Gasteiger partial charge < -0.3 is 14.8 Å². The molecule has 0 saturated heterocycles. The first-order valence-corrected chi connectivity index (χ1v) is 11.1. The number of amides is 1. The number of hydrogen-bond donors (Lipinski definition) is 2. The summed E-state index contributed by atoms with van der Waals surface area (Å²) in [5.74, 6) is 1.10. The zero-order chi connectivity index (χ0) is 22.1. The second-order valence-corrected chi connectivity index (χ2v) is 7.86. The Morgan fingerprint density at radius 3 is 2.55 bits per heavy atom. The minimum atomic E-state index is -0.309. The fraction of sp³-hybridized carbons (Fsp3) is 0.167. The van der Waals surface area contributed by atoms with Crippen LogP contribution in [0.4, 0.5) is 5.69 Å². The number of carbonyl (C=O) groups excluding carboxylic acids is 1. The Morgan fingerprint density at radius 2 is 1.81 bits per heavy atom. The number of rotatable bonds is 8. The van der Waals surface area contributed by atoms with E-state index < -0.39 is 0 Å². The Labute approximate surface area is 195 Å². The lowest BCUT2D eigenvalue weighted by Gasteiger charge is -2.12. The van der Waals surface area contributed by atoms with Crippen molar-refractivity contribution in [1.82, 2.24) is 5.32 Å². The first-order valence-electron chi connectivity index (χ1n) is 9.86. The Kier molecular flexibility index (Phi) is 8.44. The molecule has 0 fully saturated rings. The van der Waals surface area contributed by atoms with Gasteiger partial charge in [0.15, 0.2) is 5.11 Å². The molecule has 2 N–H and O–H groups in total. The van der Waals surface area contributed by atoms with E-state index in [1.807, 2.05) is 49.4 Å². The molecule has 0 aliphatic carbocycles. The number of ether oxygens (including phenoxy) is 2. The molecule has 0 aromatic heterocycles. The number of halogens is 1. The minimum absolute atomic E-state index is 0.205. The molecule has 0 atom stereocenters. The van der Waals surface area contributed by atoms with E-state index in [0.29, 0.717) is 29.0 Å². The van der Waals surface area contributed by atoms with Crippen molar-refractivity contribution in [2.45, 2.75) is 13.3 Å². The average Bonchev–Trinajstić information content (AvgIpc) is 2.76. The van der Waals surface area contributed by atoms with E-state index in [1.165, 1.54) is 5.56 Å². The molecular weight excluding hydrogens is 476 g/mol. The van der Waals surface area contributed by atoms with Crippen molar-refractivity contribution in [3.63, 3.8) is 0 Å². The summed E-state index contributed by atoms with van der Waals surface area (Å²) in [5, 5.41) is 5.91. The van der Waals surface area contributed by atoms with Crippen LogP contribution in [-0.2, 0) is 6.42 Å². The van der Waals surface area contributed by atoms with Gasteiger partial charge in [0.25, 0.3) is 5.91 Å². The zero-order valence-corrected chi connectivity index (χ0v) is 19.5. The van der Waals surface area contributed by atoms with Crippen molar-refractivity contribution in [3.05, 3.63) is 88.4 Å². The minimum Gasteiger partial charge on any atom is -0.493 e. The highest BCUT2D eigenvalue weighted by Crippen LogP contribution is 2.26. The van der Waals surface area contributed by atoms with Gasteiger partial charge >= 0.3 is 0 Å². The van der Waals surface area contributed by atoms with Gasteiger partial charge in [-0.15, -0.1) is 0 Å². The predicted molar refractivity (Wildman–Crippen MR) is 131 cm³/mol. The molecule has 3 rings (SSSR count). The second-order valence-electron chi connectivity index (χ2n) is 6.60. The van der Waals surface area contributed by atoms with E-state index >= 15 is 0 Å². The molecule has 3 aromatic rings. The molecule has 31 heavy (non-hydrogen) atoms. The van der Waals surface area contributed by atoms with E-state index in [-0.39, 0.29) is 11.0 Å². The Morgan fingerprint density at radius 1 is 1.00 bits per heavy atom. The van der Waals surface area contributed by atoms with Crippen molar-refractivity contribution in [2.75, 3.05) is 18.5 Å². The van der Waals surface area contributed by atoms with Crippen LogP contribution in [0.2, 0.25) is 0 Å². The van der Waals surface area contributed by atoms with Crippen LogP contribution in [-0.4, -0.2) is 24.2 Å². The Bertz CT molecular complexity index is 1040. The molecule has 0 radical (unpaired) electrons. The van der Waals surface area contributed by atoms with E-state index in [1.54, 1.807) is 18.2 Å². The van der Waals surface area contributed by atoms with Gasteiger partial charge in [0.1, 0.15) is 11.5 Å². The van der Waals surface area contributed by atoms with Crippen molar-refractivity contribution < 1.29 is 14.3 Å². The molecule has 0 aliphatic rings. The number of carbonyl (C=O) groups is 1. The van der Waals surface area contributed by atoms with E-state index in [0.717, 1.165) is 17.9 Å². The van der Waals surface area contributed by atoms with Crippen molar-refractivity contribution in [1.29, 1.82) is 0 Å². The maximum atomic E-state index is 12.5. The SMILES string of the molecule is CCOc1ccc(C(=O)NC(=S)Nc2cccc(OCCc3ccccc3)c2)cc1Br. The summed E-state index contributed by atoms with van der Waals surface area (Å²) in [6, 6.07) is 22.8. The molecule has 7 heteroatoms. The third-order valence-electron chi connectivity index (χ3n) is 4.32.